The molecule has 108 valence electrons. The van der Waals surface area contributed by atoms with Crippen LogP contribution in [0.4, 0.5) is 4.39 Å². The van der Waals surface area contributed by atoms with Gasteiger partial charge in [0.05, 0.1) is 6.61 Å². The van der Waals surface area contributed by atoms with Gasteiger partial charge in [-0.3, -0.25) is 14.3 Å². The van der Waals surface area contributed by atoms with Crippen molar-refractivity contribution in [1.29, 1.82) is 0 Å². The molecule has 0 aromatic carbocycles. The number of aryl methyl sites for hydroxylation is 1. The number of halogens is 1. The van der Waals surface area contributed by atoms with Crippen LogP contribution in [0.3, 0.4) is 0 Å². The zero-order valence-electron chi connectivity index (χ0n) is 10.5. The molecule has 1 fully saturated rings. The third kappa shape index (κ3) is 2.20. The normalized spacial score (nSPS) is 29.1. The molecule has 20 heavy (non-hydrogen) atoms. The fourth-order valence-corrected chi connectivity index (χ4v) is 2.02. The largest absolute Gasteiger partial charge is 0.393 e. The summed E-state index contributed by atoms with van der Waals surface area (Å²) in [7, 11) is 0. The van der Waals surface area contributed by atoms with E-state index in [1.807, 2.05) is 0 Å². The molecule has 0 unspecified atom stereocenters. The van der Waals surface area contributed by atoms with Crippen molar-refractivity contribution in [2.24, 2.45) is 5.11 Å². The van der Waals surface area contributed by atoms with Crippen molar-refractivity contribution in [2.45, 2.75) is 31.5 Å². The Morgan fingerprint density at radius 2 is 2.45 bits per heavy atom. The molecule has 0 radical (unpaired) electrons. The van der Waals surface area contributed by atoms with Crippen LogP contribution in [-0.2, 0) is 4.74 Å². The maximum Gasteiger partial charge on any atom is 0.330 e. The van der Waals surface area contributed by atoms with Gasteiger partial charge in [0.2, 0.25) is 5.72 Å². The van der Waals surface area contributed by atoms with Crippen molar-refractivity contribution in [3.63, 3.8) is 0 Å². The van der Waals surface area contributed by atoms with Crippen LogP contribution in [0.1, 0.15) is 18.2 Å². The Bertz CT molecular complexity index is 679. The molecule has 9 nitrogen and oxygen atoms in total. The molecule has 1 aromatic heterocycles. The number of nitrogens with zero attached hydrogens (tertiary/aromatic N) is 4. The number of nitrogens with one attached hydrogen (secondary N) is 1. The topological polar surface area (TPSA) is 133 Å². The first-order chi connectivity index (χ1) is 9.43. The number of aromatic amines is 1. The van der Waals surface area contributed by atoms with Crippen LogP contribution in [-0.4, -0.2) is 33.2 Å². The molecule has 2 N–H and O–H groups in total. The van der Waals surface area contributed by atoms with E-state index < -0.39 is 36.0 Å². The molecule has 10 heteroatoms. The second-order valence-electron chi connectivity index (χ2n) is 4.45. The molecule has 0 amide bonds. The van der Waals surface area contributed by atoms with Crippen molar-refractivity contribution in [3.05, 3.63) is 43.0 Å². The average molecular weight is 285 g/mol. The number of rotatable bonds is 3. The predicted octanol–water partition coefficient (Wildman–Crippen LogP) is 0.101. The van der Waals surface area contributed by atoms with Gasteiger partial charge in [-0.1, -0.05) is 5.11 Å². The molecule has 1 saturated heterocycles. The Morgan fingerprint density at radius 3 is 3.05 bits per heavy atom. The highest BCUT2D eigenvalue weighted by molar-refractivity contribution is 5.03. The van der Waals surface area contributed by atoms with Crippen LogP contribution in [0.5, 0.6) is 0 Å². The molecular formula is C10H12FN5O4. The third-order valence-corrected chi connectivity index (χ3v) is 3.13. The molecule has 0 saturated carbocycles. The molecule has 1 aliphatic heterocycles. The lowest BCUT2D eigenvalue weighted by atomic mass is 10.1. The minimum absolute atomic E-state index is 0.244. The van der Waals surface area contributed by atoms with Crippen molar-refractivity contribution in [1.82, 2.24) is 9.55 Å². The number of H-pyrrole nitrogens is 1. The first kappa shape index (κ1) is 14.3. The van der Waals surface area contributed by atoms with Gasteiger partial charge in [0.1, 0.15) is 12.4 Å². The summed E-state index contributed by atoms with van der Waals surface area (Å²) in [6.45, 7) is 0.620. The van der Waals surface area contributed by atoms with Crippen molar-refractivity contribution >= 4 is 0 Å². The van der Waals surface area contributed by atoms with Gasteiger partial charge in [0.15, 0.2) is 0 Å². The van der Waals surface area contributed by atoms with E-state index >= 15 is 0 Å². The molecule has 0 bridgehead atoms. The Balaban J connectivity index is 2.43. The van der Waals surface area contributed by atoms with Gasteiger partial charge in [-0.2, -0.15) is 0 Å². The Morgan fingerprint density at radius 1 is 1.75 bits per heavy atom. The van der Waals surface area contributed by atoms with Gasteiger partial charge >= 0.3 is 5.69 Å². The monoisotopic (exact) mass is 285 g/mol. The quantitative estimate of drug-likeness (QED) is 0.462. The number of ether oxygens (including phenoxy) is 1. The van der Waals surface area contributed by atoms with E-state index in [1.165, 1.54) is 13.1 Å². The number of aromatic nitrogens is 2. The summed E-state index contributed by atoms with van der Waals surface area (Å²) < 4.78 is 20.1. The van der Waals surface area contributed by atoms with Crippen LogP contribution in [0.15, 0.2) is 20.9 Å². The minimum Gasteiger partial charge on any atom is -0.393 e. The van der Waals surface area contributed by atoms with Crippen LogP contribution in [0, 0.1) is 6.92 Å². The highest BCUT2D eigenvalue weighted by Gasteiger charge is 2.49. The number of azide groups is 1. The molecule has 2 rings (SSSR count). The summed E-state index contributed by atoms with van der Waals surface area (Å²) in [6.07, 6.45) is -1.91. The SMILES string of the molecule is Cc1cn([C@H]2C[C@H](F)[C@](CO)(N=[N+]=[N-])O2)c(=O)[nH]c1=O. The maximum atomic E-state index is 13.9. The minimum atomic E-state index is -2.05. The van der Waals surface area contributed by atoms with E-state index in [1.54, 1.807) is 0 Å². The Hall–Kier alpha value is -2.16. The lowest BCUT2D eigenvalue weighted by Gasteiger charge is -2.23. The summed E-state index contributed by atoms with van der Waals surface area (Å²) in [4.78, 5) is 27.5. The summed E-state index contributed by atoms with van der Waals surface area (Å²) in [5.41, 5.74) is 5.29. The Kier molecular flexibility index (Phi) is 3.62. The van der Waals surface area contributed by atoms with Gasteiger partial charge in [-0.15, -0.1) is 0 Å². The summed E-state index contributed by atoms with van der Waals surface area (Å²) >= 11 is 0. The molecule has 0 aliphatic carbocycles. The second kappa shape index (κ2) is 5.08. The Labute approximate surface area is 111 Å². The lowest BCUT2D eigenvalue weighted by molar-refractivity contribution is -0.112. The fraction of sp³-hybridized carbons (Fsp3) is 0.600. The zero-order chi connectivity index (χ0) is 14.9. The number of aliphatic hydroxyl groups excluding tert-OH is 1. The fourth-order valence-electron chi connectivity index (χ4n) is 2.02. The van der Waals surface area contributed by atoms with E-state index in [-0.39, 0.29) is 12.0 Å². The third-order valence-electron chi connectivity index (χ3n) is 3.13. The predicted molar refractivity (Wildman–Crippen MR) is 64.7 cm³/mol. The van der Waals surface area contributed by atoms with E-state index in [2.05, 4.69) is 15.0 Å². The summed E-state index contributed by atoms with van der Waals surface area (Å²) in [6, 6.07) is 0. The van der Waals surface area contributed by atoms with E-state index in [0.717, 1.165) is 4.57 Å². The molecular weight excluding hydrogens is 273 g/mol. The van der Waals surface area contributed by atoms with Gasteiger partial charge < -0.3 is 9.84 Å². The highest BCUT2D eigenvalue weighted by atomic mass is 19.1. The first-order valence-corrected chi connectivity index (χ1v) is 5.74. The number of hydrogen-bond donors (Lipinski definition) is 2. The molecule has 0 spiro atoms. The van der Waals surface area contributed by atoms with Gasteiger partial charge in [0, 0.05) is 23.1 Å². The number of alkyl halides is 1. The average Bonchev–Trinajstić information content (AvgIpc) is 2.72. The molecule has 3 atom stereocenters. The maximum absolute atomic E-state index is 13.9. The standard InChI is InChI=1S/C10H12FN5O4/c1-5-3-16(9(19)13-8(5)18)7-2-6(11)10(4-17,20-7)14-15-12/h3,6-7,17H,2,4H2,1H3,(H,13,18,19)/t6-,7+,10+/m0/s1. The van der Waals surface area contributed by atoms with Gasteiger partial charge in [-0.05, 0) is 12.5 Å². The van der Waals surface area contributed by atoms with Crippen LogP contribution in [0.25, 0.3) is 10.4 Å². The molecule has 2 heterocycles. The van der Waals surface area contributed by atoms with Crippen molar-refractivity contribution in [2.75, 3.05) is 6.61 Å². The first-order valence-electron chi connectivity index (χ1n) is 5.74. The van der Waals surface area contributed by atoms with E-state index in [4.69, 9.17) is 10.3 Å². The van der Waals surface area contributed by atoms with E-state index in [9.17, 15) is 19.1 Å². The number of hydrogen-bond acceptors (Lipinski definition) is 5. The smallest absolute Gasteiger partial charge is 0.330 e. The molecule has 1 aliphatic rings. The number of aliphatic hydroxyl groups is 1. The van der Waals surface area contributed by atoms with Crippen molar-refractivity contribution < 1.29 is 14.2 Å². The van der Waals surface area contributed by atoms with Crippen LogP contribution >= 0.6 is 0 Å². The van der Waals surface area contributed by atoms with Crippen molar-refractivity contribution in [3.8, 4) is 0 Å². The zero-order valence-corrected chi connectivity index (χ0v) is 10.5. The van der Waals surface area contributed by atoms with Gasteiger partial charge in [0.25, 0.3) is 5.56 Å². The summed E-state index contributed by atoms with van der Waals surface area (Å²) in [5.74, 6) is 0. The second-order valence-corrected chi connectivity index (χ2v) is 4.45. The van der Waals surface area contributed by atoms with E-state index in [0.29, 0.717) is 0 Å². The lowest BCUT2D eigenvalue weighted by Crippen LogP contribution is -2.39. The molecule has 1 aromatic rings. The van der Waals surface area contributed by atoms with Gasteiger partial charge in [-0.25, -0.2) is 9.18 Å². The van der Waals surface area contributed by atoms with Crippen LogP contribution in [0.2, 0.25) is 0 Å². The summed E-state index contributed by atoms with van der Waals surface area (Å²) in [5, 5.41) is 12.3. The highest BCUT2D eigenvalue weighted by Crippen LogP contribution is 2.39. The van der Waals surface area contributed by atoms with Crippen LogP contribution < -0.4 is 11.2 Å².